The van der Waals surface area contributed by atoms with Gasteiger partial charge in [-0.05, 0) is 54.4 Å². The highest BCUT2D eigenvalue weighted by Gasteiger charge is 2.39. The summed E-state index contributed by atoms with van der Waals surface area (Å²) in [5, 5.41) is 3.41. The fourth-order valence-electron chi connectivity index (χ4n) is 3.45. The van der Waals surface area contributed by atoms with Crippen LogP contribution in [0.15, 0.2) is 77.8 Å². The molecule has 0 aromatic heterocycles. The molecule has 0 aliphatic carbocycles. The maximum atomic E-state index is 13.3. The number of hydrogen-bond acceptors (Lipinski definition) is 5. The largest absolute Gasteiger partial charge is 0.497 e. The average molecular weight is 494 g/mol. The highest BCUT2D eigenvalue weighted by molar-refractivity contribution is 8.15. The van der Waals surface area contributed by atoms with Crippen LogP contribution in [0.25, 0.3) is 0 Å². The van der Waals surface area contributed by atoms with Crippen LogP contribution in [0.1, 0.15) is 17.5 Å². The van der Waals surface area contributed by atoms with Crippen molar-refractivity contribution < 1.29 is 14.3 Å². The minimum Gasteiger partial charge on any atom is -0.497 e. The Kier molecular flexibility index (Phi) is 7.55. The van der Waals surface area contributed by atoms with Gasteiger partial charge in [0.05, 0.1) is 19.3 Å². The third-order valence-electron chi connectivity index (χ3n) is 5.33. The van der Waals surface area contributed by atoms with Crippen LogP contribution in [-0.4, -0.2) is 34.2 Å². The van der Waals surface area contributed by atoms with E-state index in [-0.39, 0.29) is 18.2 Å². The number of anilines is 1. The van der Waals surface area contributed by atoms with E-state index in [9.17, 15) is 9.59 Å². The fraction of sp³-hybridized carbons (Fsp3) is 0.192. The maximum absolute atomic E-state index is 13.3. The molecule has 8 heteroatoms. The van der Waals surface area contributed by atoms with Gasteiger partial charge in [-0.15, -0.1) is 0 Å². The van der Waals surface area contributed by atoms with E-state index in [2.05, 4.69) is 5.32 Å². The number of aryl methyl sites for hydroxylation is 1. The monoisotopic (exact) mass is 493 g/mol. The molecule has 2 amide bonds. The number of ether oxygens (including phenoxy) is 1. The molecule has 4 rings (SSSR count). The third-order valence-corrected chi connectivity index (χ3v) is 6.91. The van der Waals surface area contributed by atoms with E-state index in [0.29, 0.717) is 28.1 Å². The smallest absolute Gasteiger partial charge is 0.242 e. The molecule has 1 heterocycles. The fourth-order valence-corrected chi connectivity index (χ4v) is 4.79. The number of amides is 2. The van der Waals surface area contributed by atoms with Crippen molar-refractivity contribution >= 4 is 51.7 Å². The van der Waals surface area contributed by atoms with Gasteiger partial charge in [0.2, 0.25) is 11.8 Å². The Balaban J connectivity index is 1.53. The van der Waals surface area contributed by atoms with Crippen LogP contribution in [0.2, 0.25) is 5.02 Å². The third kappa shape index (κ3) is 5.79. The van der Waals surface area contributed by atoms with Gasteiger partial charge in [-0.1, -0.05) is 59.8 Å². The van der Waals surface area contributed by atoms with Crippen LogP contribution in [0.3, 0.4) is 0 Å². The van der Waals surface area contributed by atoms with Gasteiger partial charge in [0.15, 0.2) is 5.17 Å². The van der Waals surface area contributed by atoms with E-state index >= 15 is 0 Å². The summed E-state index contributed by atoms with van der Waals surface area (Å²) >= 11 is 7.47. The van der Waals surface area contributed by atoms with Gasteiger partial charge < -0.3 is 10.1 Å². The first-order valence-electron chi connectivity index (χ1n) is 10.7. The number of halogens is 1. The quantitative estimate of drug-likeness (QED) is 0.450. The molecule has 6 nitrogen and oxygen atoms in total. The number of carbonyl (C=O) groups is 2. The first-order valence-corrected chi connectivity index (χ1v) is 12.0. The normalized spacial score (nSPS) is 16.7. The minimum absolute atomic E-state index is 0.0297. The summed E-state index contributed by atoms with van der Waals surface area (Å²) in [5.41, 5.74) is 3.22. The van der Waals surface area contributed by atoms with Crippen LogP contribution >= 0.6 is 23.4 Å². The summed E-state index contributed by atoms with van der Waals surface area (Å²) in [7, 11) is 1.61. The molecule has 1 N–H and O–H groups in total. The summed E-state index contributed by atoms with van der Waals surface area (Å²) in [6.45, 7) is 2.28. The zero-order chi connectivity index (χ0) is 24.1. The van der Waals surface area contributed by atoms with Crippen molar-refractivity contribution in [1.82, 2.24) is 4.90 Å². The molecular weight excluding hydrogens is 470 g/mol. The molecule has 1 fully saturated rings. The molecular formula is C26H24ClN3O3S. The topological polar surface area (TPSA) is 71.0 Å². The average Bonchev–Trinajstić information content (AvgIpc) is 3.11. The van der Waals surface area contributed by atoms with Crippen molar-refractivity contribution in [2.75, 3.05) is 12.4 Å². The summed E-state index contributed by atoms with van der Waals surface area (Å²) < 4.78 is 5.21. The number of thioether (sulfide) groups is 1. The predicted molar refractivity (Wildman–Crippen MR) is 138 cm³/mol. The van der Waals surface area contributed by atoms with E-state index in [1.165, 1.54) is 11.8 Å². The Labute approximate surface area is 208 Å². The number of methoxy groups -OCH3 is 1. The molecule has 1 aliphatic rings. The van der Waals surface area contributed by atoms with Crippen LogP contribution < -0.4 is 10.1 Å². The molecule has 3 aromatic carbocycles. The highest BCUT2D eigenvalue weighted by Crippen LogP contribution is 2.33. The second kappa shape index (κ2) is 10.8. The SMILES string of the molecule is COc1ccc(N=C2S[C@H](CC(=O)Nc3ccc(C)c(Cl)c3)C(=O)N2Cc2ccccc2)cc1. The lowest BCUT2D eigenvalue weighted by molar-refractivity contribution is -0.128. The molecule has 1 aliphatic heterocycles. The second-order valence-corrected chi connectivity index (χ2v) is 9.40. The van der Waals surface area contributed by atoms with Crippen molar-refractivity contribution in [3.8, 4) is 5.75 Å². The summed E-state index contributed by atoms with van der Waals surface area (Å²) in [5.74, 6) is 0.334. The number of amidine groups is 1. The lowest BCUT2D eigenvalue weighted by Crippen LogP contribution is -2.33. The van der Waals surface area contributed by atoms with Crippen molar-refractivity contribution in [3.63, 3.8) is 0 Å². The van der Waals surface area contributed by atoms with Gasteiger partial charge in [0.25, 0.3) is 0 Å². The Morgan fingerprint density at radius 2 is 1.85 bits per heavy atom. The number of rotatable bonds is 7. The molecule has 0 unspecified atom stereocenters. The number of aliphatic imine (C=N–C) groups is 1. The summed E-state index contributed by atoms with van der Waals surface area (Å²) in [4.78, 5) is 32.4. The molecule has 0 saturated carbocycles. The Bertz CT molecular complexity index is 1220. The lowest BCUT2D eigenvalue weighted by atomic mass is 10.2. The van der Waals surface area contributed by atoms with Crippen molar-refractivity contribution in [2.24, 2.45) is 4.99 Å². The van der Waals surface area contributed by atoms with E-state index in [0.717, 1.165) is 16.9 Å². The van der Waals surface area contributed by atoms with Gasteiger partial charge in [-0.2, -0.15) is 0 Å². The molecule has 3 aromatic rings. The number of nitrogens with zero attached hydrogens (tertiary/aromatic N) is 2. The zero-order valence-electron chi connectivity index (χ0n) is 18.8. The Morgan fingerprint density at radius 1 is 1.12 bits per heavy atom. The number of hydrogen-bond donors (Lipinski definition) is 1. The van der Waals surface area contributed by atoms with Crippen LogP contribution in [-0.2, 0) is 16.1 Å². The zero-order valence-corrected chi connectivity index (χ0v) is 20.4. The van der Waals surface area contributed by atoms with Crippen LogP contribution in [0.5, 0.6) is 5.75 Å². The minimum atomic E-state index is -0.568. The van der Waals surface area contributed by atoms with Gasteiger partial charge >= 0.3 is 0 Å². The highest BCUT2D eigenvalue weighted by atomic mass is 35.5. The summed E-state index contributed by atoms with van der Waals surface area (Å²) in [6.07, 6.45) is 0.0297. The number of nitrogens with one attached hydrogen (secondary N) is 1. The molecule has 1 atom stereocenters. The Morgan fingerprint density at radius 3 is 2.53 bits per heavy atom. The lowest BCUT2D eigenvalue weighted by Gasteiger charge is -2.16. The van der Waals surface area contributed by atoms with Crippen molar-refractivity contribution in [2.45, 2.75) is 25.1 Å². The van der Waals surface area contributed by atoms with E-state index in [4.69, 9.17) is 21.3 Å². The van der Waals surface area contributed by atoms with E-state index in [1.807, 2.05) is 67.6 Å². The van der Waals surface area contributed by atoms with Gasteiger partial charge in [-0.3, -0.25) is 14.5 Å². The van der Waals surface area contributed by atoms with E-state index in [1.54, 1.807) is 24.1 Å². The van der Waals surface area contributed by atoms with Gasteiger partial charge in [-0.25, -0.2) is 4.99 Å². The first kappa shape index (κ1) is 23.9. The van der Waals surface area contributed by atoms with Crippen molar-refractivity contribution in [3.05, 3.63) is 88.9 Å². The number of benzene rings is 3. The molecule has 1 saturated heterocycles. The molecule has 0 radical (unpaired) electrons. The van der Waals surface area contributed by atoms with Gasteiger partial charge in [0, 0.05) is 17.1 Å². The second-order valence-electron chi connectivity index (χ2n) is 7.83. The van der Waals surface area contributed by atoms with Crippen LogP contribution in [0, 0.1) is 6.92 Å². The first-order chi connectivity index (χ1) is 16.4. The molecule has 34 heavy (non-hydrogen) atoms. The van der Waals surface area contributed by atoms with E-state index < -0.39 is 5.25 Å². The Hall–Kier alpha value is -3.29. The number of carbonyl (C=O) groups excluding carboxylic acids is 2. The standard InChI is InChI=1S/C26H24ClN3O3S/c1-17-8-9-20(14-22(17)27)28-24(31)15-23-25(32)30(16-18-6-4-3-5-7-18)26(34-23)29-19-10-12-21(33-2)13-11-19/h3-14,23H,15-16H2,1-2H3,(H,28,31)/t23-/m1/s1. The molecule has 0 bridgehead atoms. The molecule has 174 valence electrons. The van der Waals surface area contributed by atoms with Crippen LogP contribution in [0.4, 0.5) is 11.4 Å². The predicted octanol–water partition coefficient (Wildman–Crippen LogP) is 5.82. The molecule has 0 spiro atoms. The maximum Gasteiger partial charge on any atom is 0.242 e. The summed E-state index contributed by atoms with van der Waals surface area (Å²) in [6, 6.07) is 22.4. The van der Waals surface area contributed by atoms with Gasteiger partial charge in [0.1, 0.15) is 11.0 Å². The van der Waals surface area contributed by atoms with Crippen molar-refractivity contribution in [1.29, 1.82) is 0 Å².